The molecule has 0 saturated carbocycles. The normalized spacial score (nSPS) is 15.0. The van der Waals surface area contributed by atoms with E-state index in [0.717, 1.165) is 18.0 Å². The maximum absolute atomic E-state index is 13.8. The molecule has 1 aromatic heterocycles. The molecule has 0 aliphatic carbocycles. The van der Waals surface area contributed by atoms with Crippen LogP contribution in [0, 0.1) is 0 Å². The Morgan fingerprint density at radius 2 is 1.84 bits per heavy atom. The van der Waals surface area contributed by atoms with Crippen molar-refractivity contribution >= 4 is 40.0 Å². The van der Waals surface area contributed by atoms with E-state index in [1.807, 2.05) is 17.7 Å². The first-order valence-corrected chi connectivity index (χ1v) is 10.7. The fourth-order valence-corrected chi connectivity index (χ4v) is 4.46. The van der Waals surface area contributed by atoms with Gasteiger partial charge >= 0.3 is 0 Å². The van der Waals surface area contributed by atoms with E-state index in [2.05, 4.69) is 0 Å². The van der Waals surface area contributed by atoms with E-state index in [9.17, 15) is 13.6 Å². The third kappa shape index (κ3) is 4.29. The SMILES string of the molecule is Cn1c(Cc2c(Cl)ccc(C(=O)N3CCOCC3)c2Cl)cc2ccc(C(C)(F)F)cc21. The van der Waals surface area contributed by atoms with E-state index >= 15 is 0 Å². The van der Waals surface area contributed by atoms with Crippen molar-refractivity contribution in [3.63, 3.8) is 0 Å². The van der Waals surface area contributed by atoms with Crippen molar-refractivity contribution in [1.82, 2.24) is 9.47 Å². The van der Waals surface area contributed by atoms with Gasteiger partial charge in [-0.2, -0.15) is 0 Å². The molecule has 4 nitrogen and oxygen atoms in total. The highest BCUT2D eigenvalue weighted by molar-refractivity contribution is 6.38. The molecule has 1 amide bonds. The Bertz CT molecular complexity index is 1150. The molecule has 0 radical (unpaired) electrons. The first kappa shape index (κ1) is 22.1. The number of halogens is 4. The summed E-state index contributed by atoms with van der Waals surface area (Å²) in [5, 5.41) is 1.61. The van der Waals surface area contributed by atoms with E-state index in [-0.39, 0.29) is 11.5 Å². The second-order valence-electron chi connectivity index (χ2n) is 7.83. The lowest BCUT2D eigenvalue weighted by molar-refractivity contribution is 0.0176. The van der Waals surface area contributed by atoms with Crippen LogP contribution in [0.15, 0.2) is 36.4 Å². The van der Waals surface area contributed by atoms with Gasteiger partial charge in [0.25, 0.3) is 11.8 Å². The molecule has 164 valence electrons. The Morgan fingerprint density at radius 3 is 2.52 bits per heavy atom. The van der Waals surface area contributed by atoms with Gasteiger partial charge in [0.15, 0.2) is 0 Å². The smallest absolute Gasteiger partial charge is 0.270 e. The molecule has 1 fully saturated rings. The number of aryl methyl sites for hydroxylation is 1. The van der Waals surface area contributed by atoms with Crippen LogP contribution in [0.25, 0.3) is 10.9 Å². The fraction of sp³-hybridized carbons (Fsp3) is 0.348. The molecule has 0 atom stereocenters. The number of hydrogen-bond donors (Lipinski definition) is 0. The zero-order chi connectivity index (χ0) is 22.3. The van der Waals surface area contributed by atoms with Crippen molar-refractivity contribution in [3.05, 3.63) is 68.8 Å². The maximum Gasteiger partial charge on any atom is 0.270 e. The molecular weight excluding hydrogens is 445 g/mol. The summed E-state index contributed by atoms with van der Waals surface area (Å²) in [6.45, 7) is 2.91. The van der Waals surface area contributed by atoms with Gasteiger partial charge in [-0.15, -0.1) is 0 Å². The Kier molecular flexibility index (Phi) is 5.99. The Morgan fingerprint density at radius 1 is 1.13 bits per heavy atom. The molecule has 4 rings (SSSR count). The molecule has 2 aromatic carbocycles. The number of fused-ring (bicyclic) bond motifs is 1. The van der Waals surface area contributed by atoms with Crippen LogP contribution >= 0.6 is 23.2 Å². The van der Waals surface area contributed by atoms with Crippen LogP contribution < -0.4 is 0 Å². The number of ether oxygens (including phenoxy) is 1. The van der Waals surface area contributed by atoms with Crippen molar-refractivity contribution in [2.24, 2.45) is 7.05 Å². The van der Waals surface area contributed by atoms with Gasteiger partial charge < -0.3 is 14.2 Å². The minimum atomic E-state index is -2.92. The van der Waals surface area contributed by atoms with Crippen LogP contribution in [0.3, 0.4) is 0 Å². The highest BCUT2D eigenvalue weighted by Crippen LogP contribution is 2.34. The first-order chi connectivity index (χ1) is 14.7. The topological polar surface area (TPSA) is 34.5 Å². The average Bonchev–Trinajstić information content (AvgIpc) is 3.05. The van der Waals surface area contributed by atoms with Crippen LogP contribution in [-0.2, 0) is 24.1 Å². The lowest BCUT2D eigenvalue weighted by Crippen LogP contribution is -2.40. The number of hydrogen-bond acceptors (Lipinski definition) is 2. The highest BCUT2D eigenvalue weighted by atomic mass is 35.5. The molecule has 1 aliphatic heterocycles. The number of carbonyl (C=O) groups is 1. The van der Waals surface area contributed by atoms with E-state index in [1.54, 1.807) is 23.1 Å². The molecule has 1 aliphatic rings. The van der Waals surface area contributed by atoms with E-state index in [0.29, 0.717) is 59.4 Å². The Balaban J connectivity index is 1.70. The molecular formula is C23H22Cl2F2N2O2. The summed E-state index contributed by atoms with van der Waals surface area (Å²) in [7, 11) is 1.82. The largest absolute Gasteiger partial charge is 0.378 e. The summed E-state index contributed by atoms with van der Waals surface area (Å²) in [5.41, 5.74) is 2.54. The minimum Gasteiger partial charge on any atom is -0.378 e. The van der Waals surface area contributed by atoms with Gasteiger partial charge in [0, 0.05) is 55.3 Å². The Hall–Kier alpha value is -2.15. The number of amides is 1. The van der Waals surface area contributed by atoms with Gasteiger partial charge in [-0.05, 0) is 35.2 Å². The Labute approximate surface area is 189 Å². The van der Waals surface area contributed by atoms with E-state index in [4.69, 9.17) is 27.9 Å². The second-order valence-corrected chi connectivity index (χ2v) is 8.61. The van der Waals surface area contributed by atoms with E-state index in [1.165, 1.54) is 12.1 Å². The zero-order valence-corrected chi connectivity index (χ0v) is 18.7. The summed E-state index contributed by atoms with van der Waals surface area (Å²) < 4.78 is 34.7. The van der Waals surface area contributed by atoms with Crippen LogP contribution in [0.1, 0.15) is 34.1 Å². The molecule has 1 saturated heterocycles. The maximum atomic E-state index is 13.8. The zero-order valence-electron chi connectivity index (χ0n) is 17.2. The summed E-state index contributed by atoms with van der Waals surface area (Å²) in [6, 6.07) is 9.87. The summed E-state index contributed by atoms with van der Waals surface area (Å²) in [6.07, 6.45) is 0.366. The molecule has 0 N–H and O–H groups in total. The van der Waals surface area contributed by atoms with Crippen molar-refractivity contribution in [3.8, 4) is 0 Å². The summed E-state index contributed by atoms with van der Waals surface area (Å²) in [4.78, 5) is 14.7. The molecule has 0 spiro atoms. The average molecular weight is 467 g/mol. The van der Waals surface area contributed by atoms with Crippen LogP contribution in [0.5, 0.6) is 0 Å². The number of morpholine rings is 1. The summed E-state index contributed by atoms with van der Waals surface area (Å²) in [5.74, 6) is -3.07. The number of rotatable bonds is 4. The molecule has 0 bridgehead atoms. The fourth-order valence-electron chi connectivity index (χ4n) is 3.87. The molecule has 0 unspecified atom stereocenters. The van der Waals surface area contributed by atoms with Gasteiger partial charge in [0.2, 0.25) is 0 Å². The quantitative estimate of drug-likeness (QED) is 0.497. The van der Waals surface area contributed by atoms with Gasteiger partial charge in [-0.3, -0.25) is 4.79 Å². The summed E-state index contributed by atoms with van der Waals surface area (Å²) >= 11 is 13.1. The number of alkyl halides is 2. The van der Waals surface area contributed by atoms with Crippen LogP contribution in [-0.4, -0.2) is 41.7 Å². The number of carbonyl (C=O) groups excluding carboxylic acids is 1. The predicted molar refractivity (Wildman–Crippen MR) is 118 cm³/mol. The van der Waals surface area contributed by atoms with Crippen molar-refractivity contribution in [2.75, 3.05) is 26.3 Å². The van der Waals surface area contributed by atoms with Crippen molar-refractivity contribution < 1.29 is 18.3 Å². The van der Waals surface area contributed by atoms with E-state index < -0.39 is 5.92 Å². The number of aromatic nitrogens is 1. The lowest BCUT2D eigenvalue weighted by Gasteiger charge is -2.27. The van der Waals surface area contributed by atoms with Crippen molar-refractivity contribution in [2.45, 2.75) is 19.3 Å². The lowest BCUT2D eigenvalue weighted by atomic mass is 10.0. The standard InChI is InChI=1S/C23H22Cl2F2N2O2/c1-23(26,27)15-4-3-14-11-16(28(2)20(14)12-15)13-18-19(24)6-5-17(21(18)25)22(30)29-7-9-31-10-8-29/h3-6,11-12H,7-10,13H2,1-2H3. The predicted octanol–water partition coefficient (Wildman–Crippen LogP) is 5.66. The van der Waals surface area contributed by atoms with Crippen LogP contribution in [0.2, 0.25) is 10.0 Å². The minimum absolute atomic E-state index is 0.0399. The molecule has 31 heavy (non-hydrogen) atoms. The van der Waals surface area contributed by atoms with Crippen LogP contribution in [0.4, 0.5) is 8.78 Å². The molecule has 3 aromatic rings. The van der Waals surface area contributed by atoms with Gasteiger partial charge in [-0.1, -0.05) is 35.3 Å². The third-order valence-electron chi connectivity index (χ3n) is 5.72. The van der Waals surface area contributed by atoms with Gasteiger partial charge in [-0.25, -0.2) is 8.78 Å². The monoisotopic (exact) mass is 466 g/mol. The first-order valence-electron chi connectivity index (χ1n) is 9.97. The van der Waals surface area contributed by atoms with Gasteiger partial charge in [0.1, 0.15) is 0 Å². The second kappa shape index (κ2) is 8.41. The van der Waals surface area contributed by atoms with Gasteiger partial charge in [0.05, 0.1) is 23.8 Å². The highest BCUT2D eigenvalue weighted by Gasteiger charge is 2.26. The number of nitrogens with zero attached hydrogens (tertiary/aromatic N) is 2. The molecule has 8 heteroatoms. The van der Waals surface area contributed by atoms with Crippen molar-refractivity contribution in [1.29, 1.82) is 0 Å². The molecule has 2 heterocycles. The third-order valence-corrected chi connectivity index (χ3v) is 6.51. The number of benzene rings is 2.